The van der Waals surface area contributed by atoms with Gasteiger partial charge >= 0.3 is 5.97 Å². The molecule has 0 saturated heterocycles. The molecule has 78 valence electrons. The SMILES string of the molecule is C[C@@]1(C(=O)O)c2ccccc2C=C[C@@H]1N. The fraction of sp³-hybridized carbons (Fsp3) is 0.250. The van der Waals surface area contributed by atoms with E-state index in [9.17, 15) is 9.90 Å². The fourth-order valence-electron chi connectivity index (χ4n) is 1.95. The van der Waals surface area contributed by atoms with Crippen molar-refractivity contribution in [2.24, 2.45) is 5.73 Å². The second-order valence-corrected chi connectivity index (χ2v) is 3.98. The summed E-state index contributed by atoms with van der Waals surface area (Å²) in [5, 5.41) is 9.30. The predicted molar refractivity (Wildman–Crippen MR) is 58.4 cm³/mol. The zero-order chi connectivity index (χ0) is 11.1. The van der Waals surface area contributed by atoms with Crippen LogP contribution in [0.15, 0.2) is 30.3 Å². The summed E-state index contributed by atoms with van der Waals surface area (Å²) >= 11 is 0. The zero-order valence-corrected chi connectivity index (χ0v) is 8.47. The second-order valence-electron chi connectivity index (χ2n) is 3.98. The van der Waals surface area contributed by atoms with Crippen LogP contribution in [0.5, 0.6) is 0 Å². The number of rotatable bonds is 1. The third kappa shape index (κ3) is 1.27. The minimum Gasteiger partial charge on any atom is -0.481 e. The Labute approximate surface area is 88.2 Å². The van der Waals surface area contributed by atoms with Crippen LogP contribution in [-0.4, -0.2) is 17.1 Å². The van der Waals surface area contributed by atoms with Crippen LogP contribution in [0.25, 0.3) is 6.08 Å². The van der Waals surface area contributed by atoms with E-state index < -0.39 is 17.4 Å². The maximum atomic E-state index is 11.3. The maximum absolute atomic E-state index is 11.3. The van der Waals surface area contributed by atoms with Gasteiger partial charge in [0.1, 0.15) is 5.41 Å². The molecule has 3 heteroatoms. The summed E-state index contributed by atoms with van der Waals surface area (Å²) in [5.74, 6) is -0.883. The van der Waals surface area contributed by atoms with Crippen LogP contribution in [0, 0.1) is 0 Å². The molecule has 0 radical (unpaired) electrons. The summed E-state index contributed by atoms with van der Waals surface area (Å²) in [6.07, 6.45) is 3.63. The van der Waals surface area contributed by atoms with Gasteiger partial charge in [0.15, 0.2) is 0 Å². The van der Waals surface area contributed by atoms with E-state index in [2.05, 4.69) is 0 Å². The number of carboxylic acids is 1. The summed E-state index contributed by atoms with van der Waals surface area (Å²) in [7, 11) is 0. The maximum Gasteiger partial charge on any atom is 0.315 e. The van der Waals surface area contributed by atoms with Crippen LogP contribution in [0.1, 0.15) is 18.1 Å². The van der Waals surface area contributed by atoms with Crippen molar-refractivity contribution in [2.45, 2.75) is 18.4 Å². The minimum atomic E-state index is -1.02. The molecule has 1 aliphatic carbocycles. The van der Waals surface area contributed by atoms with Crippen molar-refractivity contribution in [2.75, 3.05) is 0 Å². The third-order valence-electron chi connectivity index (χ3n) is 3.11. The highest BCUT2D eigenvalue weighted by atomic mass is 16.4. The molecule has 0 spiro atoms. The Bertz CT molecular complexity index is 439. The third-order valence-corrected chi connectivity index (χ3v) is 3.11. The highest BCUT2D eigenvalue weighted by molar-refractivity contribution is 5.86. The minimum absolute atomic E-state index is 0.482. The zero-order valence-electron chi connectivity index (χ0n) is 8.47. The Kier molecular flexibility index (Phi) is 2.12. The van der Waals surface area contributed by atoms with Crippen molar-refractivity contribution >= 4 is 12.0 Å². The number of fused-ring (bicyclic) bond motifs is 1. The quantitative estimate of drug-likeness (QED) is 0.724. The highest BCUT2D eigenvalue weighted by Crippen LogP contribution is 2.34. The Morgan fingerprint density at radius 1 is 1.47 bits per heavy atom. The van der Waals surface area contributed by atoms with Gasteiger partial charge in [-0.15, -0.1) is 0 Å². The molecule has 3 N–H and O–H groups in total. The first-order valence-corrected chi connectivity index (χ1v) is 4.83. The molecule has 0 aromatic heterocycles. The Morgan fingerprint density at radius 2 is 2.13 bits per heavy atom. The van der Waals surface area contributed by atoms with Gasteiger partial charge in [0.25, 0.3) is 0 Å². The molecule has 1 aromatic carbocycles. The molecule has 0 fully saturated rings. The number of carboxylic acid groups (broad SMARTS) is 1. The van der Waals surface area contributed by atoms with E-state index in [1.807, 2.05) is 30.3 Å². The summed E-state index contributed by atoms with van der Waals surface area (Å²) in [4.78, 5) is 11.3. The van der Waals surface area contributed by atoms with Crippen molar-refractivity contribution in [1.29, 1.82) is 0 Å². The van der Waals surface area contributed by atoms with Gasteiger partial charge in [-0.3, -0.25) is 4.79 Å². The first-order chi connectivity index (χ1) is 7.06. The first-order valence-electron chi connectivity index (χ1n) is 4.83. The molecule has 0 heterocycles. The van der Waals surface area contributed by atoms with Crippen molar-refractivity contribution in [3.05, 3.63) is 41.5 Å². The van der Waals surface area contributed by atoms with E-state index in [4.69, 9.17) is 5.73 Å². The smallest absolute Gasteiger partial charge is 0.315 e. The molecular formula is C12H13NO2. The van der Waals surface area contributed by atoms with E-state index >= 15 is 0 Å². The molecule has 2 rings (SSSR count). The van der Waals surface area contributed by atoms with Gasteiger partial charge in [0.2, 0.25) is 0 Å². The largest absolute Gasteiger partial charge is 0.481 e. The van der Waals surface area contributed by atoms with Gasteiger partial charge < -0.3 is 10.8 Å². The fourth-order valence-corrected chi connectivity index (χ4v) is 1.95. The van der Waals surface area contributed by atoms with Crippen molar-refractivity contribution < 1.29 is 9.90 Å². The van der Waals surface area contributed by atoms with E-state index in [0.29, 0.717) is 0 Å². The van der Waals surface area contributed by atoms with Crippen molar-refractivity contribution in [3.8, 4) is 0 Å². The lowest BCUT2D eigenvalue weighted by Crippen LogP contribution is -2.49. The number of aliphatic carboxylic acids is 1. The summed E-state index contributed by atoms with van der Waals surface area (Å²) in [6.45, 7) is 1.67. The van der Waals surface area contributed by atoms with E-state index in [1.165, 1.54) is 0 Å². The topological polar surface area (TPSA) is 63.3 Å². The monoisotopic (exact) mass is 203 g/mol. The van der Waals surface area contributed by atoms with Gasteiger partial charge in [-0.25, -0.2) is 0 Å². The van der Waals surface area contributed by atoms with E-state index in [1.54, 1.807) is 13.0 Å². The van der Waals surface area contributed by atoms with Gasteiger partial charge in [-0.05, 0) is 18.1 Å². The predicted octanol–water partition coefficient (Wildman–Crippen LogP) is 1.38. The lowest BCUT2D eigenvalue weighted by Gasteiger charge is -2.34. The average molecular weight is 203 g/mol. The van der Waals surface area contributed by atoms with Crippen LogP contribution in [0.2, 0.25) is 0 Å². The molecule has 0 saturated carbocycles. The van der Waals surface area contributed by atoms with E-state index in [-0.39, 0.29) is 0 Å². The molecule has 1 aromatic rings. The molecule has 1 aliphatic rings. The second kappa shape index (κ2) is 3.21. The lowest BCUT2D eigenvalue weighted by molar-refractivity contribution is -0.143. The molecule has 3 nitrogen and oxygen atoms in total. The Balaban J connectivity index is 2.66. The van der Waals surface area contributed by atoms with Crippen molar-refractivity contribution in [1.82, 2.24) is 0 Å². The van der Waals surface area contributed by atoms with Gasteiger partial charge in [-0.2, -0.15) is 0 Å². The van der Waals surface area contributed by atoms with Crippen LogP contribution in [0.4, 0.5) is 0 Å². The highest BCUT2D eigenvalue weighted by Gasteiger charge is 2.43. The Morgan fingerprint density at radius 3 is 2.80 bits per heavy atom. The lowest BCUT2D eigenvalue weighted by atomic mass is 9.71. The van der Waals surface area contributed by atoms with Gasteiger partial charge in [-0.1, -0.05) is 36.4 Å². The molecule has 0 unspecified atom stereocenters. The molecule has 15 heavy (non-hydrogen) atoms. The van der Waals surface area contributed by atoms with Crippen LogP contribution in [-0.2, 0) is 10.2 Å². The summed E-state index contributed by atoms with van der Waals surface area (Å²) < 4.78 is 0. The number of carbonyl (C=O) groups is 1. The first kappa shape index (κ1) is 9.93. The van der Waals surface area contributed by atoms with Crippen molar-refractivity contribution in [3.63, 3.8) is 0 Å². The number of hydrogen-bond donors (Lipinski definition) is 2. The number of hydrogen-bond acceptors (Lipinski definition) is 2. The molecule has 2 atom stereocenters. The number of nitrogens with two attached hydrogens (primary N) is 1. The number of benzene rings is 1. The molecule has 0 amide bonds. The summed E-state index contributed by atoms with van der Waals surface area (Å²) in [5.41, 5.74) is 6.56. The molecule has 0 aliphatic heterocycles. The molecular weight excluding hydrogens is 190 g/mol. The summed E-state index contributed by atoms with van der Waals surface area (Å²) in [6, 6.07) is 6.98. The van der Waals surface area contributed by atoms with Crippen LogP contribution < -0.4 is 5.73 Å². The van der Waals surface area contributed by atoms with Crippen LogP contribution >= 0.6 is 0 Å². The van der Waals surface area contributed by atoms with Gasteiger partial charge in [0.05, 0.1) is 0 Å². The average Bonchev–Trinajstić information content (AvgIpc) is 2.23. The van der Waals surface area contributed by atoms with Gasteiger partial charge in [0, 0.05) is 6.04 Å². The molecule has 0 bridgehead atoms. The standard InChI is InChI=1S/C12H13NO2/c1-12(11(14)15)9-5-3-2-4-8(9)6-7-10(12)13/h2-7,10H,13H2,1H3,(H,14,15)/t10-,12+/m0/s1. The van der Waals surface area contributed by atoms with E-state index in [0.717, 1.165) is 11.1 Å². The Hall–Kier alpha value is -1.61. The van der Waals surface area contributed by atoms with Crippen LogP contribution in [0.3, 0.4) is 0 Å². The normalized spacial score (nSPS) is 28.5.